The van der Waals surface area contributed by atoms with Gasteiger partial charge in [-0.15, -0.1) is 5.10 Å². The predicted molar refractivity (Wildman–Crippen MR) is 116 cm³/mol. The van der Waals surface area contributed by atoms with E-state index in [1.165, 1.54) is 6.07 Å². The number of phenolic OH excluding ortho intramolecular Hbond substituents is 1. The fraction of sp³-hybridized carbons (Fsp3) is 0.222. The second kappa shape index (κ2) is 7.59. The van der Waals surface area contributed by atoms with E-state index in [-0.39, 0.29) is 10.0 Å². The van der Waals surface area contributed by atoms with Crippen LogP contribution in [0.4, 0.5) is 8.78 Å². The lowest BCUT2D eigenvalue weighted by Gasteiger charge is -2.13. The molecule has 1 aromatic heterocycles. The fourth-order valence-corrected chi connectivity index (χ4v) is 6.98. The van der Waals surface area contributed by atoms with Crippen molar-refractivity contribution >= 4 is 51.9 Å². The highest BCUT2D eigenvalue weighted by Gasteiger charge is 2.25. The first kappa shape index (κ1) is 20.4. The highest BCUT2D eigenvalue weighted by molar-refractivity contribution is 14.1. The summed E-state index contributed by atoms with van der Waals surface area (Å²) in [6.45, 7) is 7.14. The Bertz CT molecular complexity index is 1020. The van der Waals surface area contributed by atoms with Gasteiger partial charge in [0.1, 0.15) is 11.8 Å². The van der Waals surface area contributed by atoms with E-state index in [1.807, 2.05) is 22.9 Å². The summed E-state index contributed by atoms with van der Waals surface area (Å²) < 4.78 is 30.3. The lowest BCUT2D eigenvalue weighted by molar-refractivity contribution is 0.407. The van der Waals surface area contributed by atoms with Crippen molar-refractivity contribution in [2.24, 2.45) is 0 Å². The van der Waals surface area contributed by atoms with Gasteiger partial charge in [0.2, 0.25) is 5.82 Å². The van der Waals surface area contributed by atoms with E-state index in [1.54, 1.807) is 6.07 Å². The van der Waals surface area contributed by atoms with Crippen LogP contribution in [-0.4, -0.2) is 28.2 Å². The Morgan fingerprint density at radius 1 is 1.19 bits per heavy atom. The molecule has 0 atom stereocenters. The molecule has 9 heteroatoms. The summed E-state index contributed by atoms with van der Waals surface area (Å²) in [5.74, 6) is -3.08. The zero-order valence-electron chi connectivity index (χ0n) is 14.9. The Morgan fingerprint density at radius 2 is 1.89 bits per heavy atom. The van der Waals surface area contributed by atoms with Crippen LogP contribution in [0.2, 0.25) is 19.6 Å². The first-order valence-electron chi connectivity index (χ1n) is 8.15. The molecule has 0 radical (unpaired) electrons. The molecule has 0 saturated carbocycles. The summed E-state index contributed by atoms with van der Waals surface area (Å²) in [4.78, 5) is 0. The molecule has 0 aliphatic carbocycles. The molecule has 0 amide bonds. The molecule has 0 saturated heterocycles. The summed E-state index contributed by atoms with van der Waals surface area (Å²) >= 11 is 5.25. The molecular weight excluding hydrogens is 547 g/mol. The van der Waals surface area contributed by atoms with E-state index >= 15 is 0 Å². The molecule has 3 rings (SSSR count). The van der Waals surface area contributed by atoms with Gasteiger partial charge in [-0.25, -0.2) is 9.07 Å². The molecule has 0 bridgehead atoms. The first-order valence-corrected chi connectivity index (χ1v) is 13.5. The van der Waals surface area contributed by atoms with Crippen molar-refractivity contribution in [2.45, 2.75) is 26.2 Å². The molecule has 4 nitrogen and oxygen atoms in total. The number of nitrogens with zero attached hydrogens (tertiary/aromatic N) is 3. The number of phenols is 1. The molecule has 0 unspecified atom stereocenters. The number of hydrogen-bond donors (Lipinski definition) is 1. The number of aromatic nitrogens is 3. The maximum Gasteiger partial charge on any atom is 0.202 e. The van der Waals surface area contributed by atoms with Crippen LogP contribution < -0.4 is 5.32 Å². The average Bonchev–Trinajstić information content (AvgIpc) is 2.97. The molecule has 1 heterocycles. The first-order chi connectivity index (χ1) is 12.6. The average molecular weight is 564 g/mol. The van der Waals surface area contributed by atoms with Gasteiger partial charge in [-0.2, -0.15) is 4.39 Å². The molecule has 0 aliphatic heterocycles. The third-order valence-electron chi connectivity index (χ3n) is 4.09. The number of hydrogen-bond acceptors (Lipinski definition) is 3. The smallest absolute Gasteiger partial charge is 0.202 e. The van der Waals surface area contributed by atoms with E-state index in [2.05, 4.69) is 68.5 Å². The summed E-state index contributed by atoms with van der Waals surface area (Å²) in [5.41, 5.74) is 1.72. The summed E-state index contributed by atoms with van der Waals surface area (Å²) in [6, 6.07) is 8.66. The van der Waals surface area contributed by atoms with Gasteiger partial charge in [0.25, 0.3) is 0 Å². The van der Waals surface area contributed by atoms with Crippen molar-refractivity contribution in [2.75, 3.05) is 0 Å². The number of aromatic hydroxyl groups is 1. The van der Waals surface area contributed by atoms with Gasteiger partial charge in [0, 0.05) is 5.56 Å². The predicted octanol–water partition coefficient (Wildman–Crippen LogP) is 4.89. The molecule has 0 fully saturated rings. The van der Waals surface area contributed by atoms with Gasteiger partial charge < -0.3 is 5.11 Å². The number of halogens is 4. The van der Waals surface area contributed by atoms with E-state index in [0.29, 0.717) is 12.1 Å². The van der Waals surface area contributed by atoms with Crippen LogP contribution >= 0.6 is 38.5 Å². The van der Waals surface area contributed by atoms with Gasteiger partial charge in [-0.05, 0) is 61.8 Å². The fourth-order valence-electron chi connectivity index (χ4n) is 2.68. The normalized spacial score (nSPS) is 11.8. The minimum atomic E-state index is -1.58. The van der Waals surface area contributed by atoms with Crippen molar-refractivity contribution in [3.8, 4) is 16.9 Å². The van der Waals surface area contributed by atoms with Gasteiger partial charge >= 0.3 is 0 Å². The summed E-state index contributed by atoms with van der Waals surface area (Å²) in [7, 11) is -1.58. The lowest BCUT2D eigenvalue weighted by Crippen LogP contribution is -2.41. The number of benzene rings is 2. The maximum atomic E-state index is 13.9. The van der Waals surface area contributed by atoms with E-state index in [0.717, 1.165) is 14.6 Å². The molecular formula is C18H17BrF2IN3OSi. The Balaban J connectivity index is 1.98. The minimum absolute atomic E-state index is 0.0381. The van der Waals surface area contributed by atoms with Crippen LogP contribution in [-0.2, 0) is 6.54 Å². The van der Waals surface area contributed by atoms with Crippen molar-refractivity contribution in [3.05, 3.63) is 55.7 Å². The molecule has 27 heavy (non-hydrogen) atoms. The van der Waals surface area contributed by atoms with Gasteiger partial charge in [0.15, 0.2) is 11.6 Å². The van der Waals surface area contributed by atoms with Crippen LogP contribution in [0.1, 0.15) is 5.56 Å². The van der Waals surface area contributed by atoms with Crippen LogP contribution in [0, 0.1) is 15.3 Å². The van der Waals surface area contributed by atoms with Gasteiger partial charge in [-0.3, -0.25) is 0 Å². The van der Waals surface area contributed by atoms with E-state index in [9.17, 15) is 13.9 Å². The highest BCUT2D eigenvalue weighted by atomic mass is 127. The van der Waals surface area contributed by atoms with Gasteiger partial charge in [-0.1, -0.05) is 43.1 Å². The van der Waals surface area contributed by atoms with Crippen LogP contribution in [0.15, 0.2) is 34.8 Å². The van der Waals surface area contributed by atoms with Crippen LogP contribution in [0.5, 0.6) is 5.75 Å². The topological polar surface area (TPSA) is 50.9 Å². The molecule has 0 aliphatic rings. The molecule has 2 aromatic carbocycles. The van der Waals surface area contributed by atoms with E-state index < -0.39 is 25.5 Å². The van der Waals surface area contributed by atoms with Crippen molar-refractivity contribution in [3.63, 3.8) is 0 Å². The molecule has 1 N–H and O–H groups in total. The molecule has 142 valence electrons. The second-order valence-electron chi connectivity index (χ2n) is 7.22. The zero-order valence-corrected chi connectivity index (χ0v) is 19.6. The third-order valence-corrected chi connectivity index (χ3v) is 8.00. The molecule has 3 aromatic rings. The standard InChI is InChI=1S/C18H17BrF2IN3OSi/c1-27(2,3)18-17(22)25(24-23-18)9-10-5-4-6-11(7-10)12-8-13(19)14(20)15(21)16(12)26/h4-8,26H,9H2,1-3H3. The Morgan fingerprint density at radius 3 is 2.52 bits per heavy atom. The van der Waals surface area contributed by atoms with Crippen molar-refractivity contribution in [1.29, 1.82) is 0 Å². The quantitative estimate of drug-likeness (QED) is 0.279. The monoisotopic (exact) mass is 563 g/mol. The largest absolute Gasteiger partial charge is 0.504 e. The summed E-state index contributed by atoms with van der Waals surface area (Å²) in [6.07, 6.45) is 0. The molecule has 0 spiro atoms. The second-order valence-corrected chi connectivity index (χ2v) is 14.1. The van der Waals surface area contributed by atoms with E-state index in [4.69, 9.17) is 0 Å². The Labute approximate surface area is 178 Å². The van der Waals surface area contributed by atoms with Gasteiger partial charge in [0.05, 0.1) is 16.3 Å². The Hall–Kier alpha value is -1.33. The highest BCUT2D eigenvalue weighted by Crippen LogP contribution is 2.36. The number of rotatable bonds is 4. The van der Waals surface area contributed by atoms with Crippen LogP contribution in [0.3, 0.4) is 0 Å². The van der Waals surface area contributed by atoms with Crippen LogP contribution in [0.25, 0.3) is 11.1 Å². The summed E-state index contributed by atoms with van der Waals surface area (Å²) in [5, 5.41) is 19.7. The zero-order chi connectivity index (χ0) is 19.9. The third kappa shape index (κ3) is 4.09. The van der Waals surface area contributed by atoms with Crippen molar-refractivity contribution in [1.82, 2.24) is 15.0 Å². The lowest BCUT2D eigenvalue weighted by atomic mass is 10.0. The van der Waals surface area contributed by atoms with Crippen molar-refractivity contribution < 1.29 is 13.9 Å². The minimum Gasteiger partial charge on any atom is -0.504 e. The SMILES string of the molecule is C[Si](C)(C)c1nnn(Cc2cccc(-c3cc(Br)c(F)c(F)c3O)c2)c1I. The Kier molecular flexibility index (Phi) is 5.73. The maximum absolute atomic E-state index is 13.9.